The molecule has 1 rings (SSSR count). The number of rotatable bonds is 3. The zero-order chi connectivity index (χ0) is 14.8. The van der Waals surface area contributed by atoms with E-state index in [1.54, 1.807) is 19.9 Å². The van der Waals surface area contributed by atoms with E-state index in [-0.39, 0.29) is 0 Å². The van der Waals surface area contributed by atoms with Crippen LogP contribution in [0.2, 0.25) is 0 Å². The number of aliphatic hydroxyl groups excluding tert-OH is 1. The SMILES string of the molecule is C=CCC(O)[C@H]1COC(C)(C)N1C(=O)OC(C)(C)C. The molecule has 1 heterocycles. The topological polar surface area (TPSA) is 59.0 Å². The maximum absolute atomic E-state index is 12.3. The Balaban J connectivity index is 2.89. The second-order valence-corrected chi connectivity index (χ2v) is 6.27. The van der Waals surface area contributed by atoms with Gasteiger partial charge in [0.1, 0.15) is 11.3 Å². The highest BCUT2D eigenvalue weighted by molar-refractivity contribution is 5.69. The smallest absolute Gasteiger partial charge is 0.412 e. The second kappa shape index (κ2) is 5.51. The largest absolute Gasteiger partial charge is 0.444 e. The third kappa shape index (κ3) is 3.94. The molecule has 1 fully saturated rings. The summed E-state index contributed by atoms with van der Waals surface area (Å²) in [5.74, 6) is 0. The summed E-state index contributed by atoms with van der Waals surface area (Å²) in [5.41, 5.74) is -1.36. The average molecular weight is 271 g/mol. The van der Waals surface area contributed by atoms with Crippen molar-refractivity contribution in [2.75, 3.05) is 6.61 Å². The van der Waals surface area contributed by atoms with E-state index in [0.29, 0.717) is 13.0 Å². The first-order chi connectivity index (χ1) is 8.58. The molecule has 1 aliphatic rings. The molecule has 0 saturated carbocycles. The lowest BCUT2D eigenvalue weighted by Crippen LogP contribution is -2.53. The molecule has 0 aliphatic carbocycles. The van der Waals surface area contributed by atoms with E-state index in [0.717, 1.165) is 0 Å². The van der Waals surface area contributed by atoms with Crippen molar-refractivity contribution in [3.05, 3.63) is 12.7 Å². The molecule has 0 aromatic heterocycles. The molecule has 1 unspecified atom stereocenters. The molecule has 0 aromatic rings. The Morgan fingerprint density at radius 1 is 1.63 bits per heavy atom. The van der Waals surface area contributed by atoms with Crippen LogP contribution < -0.4 is 0 Å². The van der Waals surface area contributed by atoms with Crippen LogP contribution in [0.1, 0.15) is 41.0 Å². The lowest BCUT2D eigenvalue weighted by molar-refractivity contribution is -0.0676. The summed E-state index contributed by atoms with van der Waals surface area (Å²) in [5, 5.41) is 10.1. The molecule has 110 valence electrons. The standard InChI is InChI=1S/C14H25NO4/c1-7-8-11(16)10-9-18-14(5,6)15(10)12(17)19-13(2,3)4/h7,10-11,16H,1,8-9H2,2-6H3/t10-,11?/m1/s1. The molecule has 1 aliphatic heterocycles. The van der Waals surface area contributed by atoms with Crippen LogP contribution in [0.5, 0.6) is 0 Å². The van der Waals surface area contributed by atoms with Crippen LogP contribution >= 0.6 is 0 Å². The zero-order valence-electron chi connectivity index (χ0n) is 12.5. The highest BCUT2D eigenvalue weighted by atomic mass is 16.6. The highest BCUT2D eigenvalue weighted by Crippen LogP contribution is 2.31. The normalized spacial score (nSPS) is 24.1. The highest BCUT2D eigenvalue weighted by Gasteiger charge is 2.47. The Kier molecular flexibility index (Phi) is 4.63. The Morgan fingerprint density at radius 3 is 2.68 bits per heavy atom. The number of aliphatic hydroxyl groups is 1. The molecule has 1 N–H and O–H groups in total. The quantitative estimate of drug-likeness (QED) is 0.800. The van der Waals surface area contributed by atoms with Crippen molar-refractivity contribution in [1.82, 2.24) is 4.90 Å². The van der Waals surface area contributed by atoms with E-state index < -0.39 is 29.6 Å². The summed E-state index contributed by atoms with van der Waals surface area (Å²) >= 11 is 0. The number of hydrogen-bond donors (Lipinski definition) is 1. The Hall–Kier alpha value is -1.07. The monoisotopic (exact) mass is 271 g/mol. The van der Waals surface area contributed by atoms with Crippen molar-refractivity contribution in [2.45, 2.75) is 64.5 Å². The number of nitrogens with zero attached hydrogens (tertiary/aromatic N) is 1. The molecule has 1 saturated heterocycles. The lowest BCUT2D eigenvalue weighted by Gasteiger charge is -2.36. The molecular weight excluding hydrogens is 246 g/mol. The maximum Gasteiger partial charge on any atom is 0.412 e. The first kappa shape index (κ1) is 16.0. The van der Waals surface area contributed by atoms with Gasteiger partial charge in [0, 0.05) is 0 Å². The van der Waals surface area contributed by atoms with Crippen molar-refractivity contribution in [2.24, 2.45) is 0 Å². The Labute approximate surface area is 115 Å². The summed E-state index contributed by atoms with van der Waals surface area (Å²) < 4.78 is 11.0. The van der Waals surface area contributed by atoms with Gasteiger partial charge in [-0.25, -0.2) is 4.79 Å². The van der Waals surface area contributed by atoms with Crippen LogP contribution in [0.25, 0.3) is 0 Å². The van der Waals surface area contributed by atoms with Gasteiger partial charge in [-0.3, -0.25) is 4.90 Å². The van der Waals surface area contributed by atoms with Crippen molar-refractivity contribution >= 4 is 6.09 Å². The van der Waals surface area contributed by atoms with Gasteiger partial charge in [-0.2, -0.15) is 0 Å². The fourth-order valence-corrected chi connectivity index (χ4v) is 2.11. The molecule has 5 nitrogen and oxygen atoms in total. The first-order valence-corrected chi connectivity index (χ1v) is 6.54. The number of carbonyl (C=O) groups excluding carboxylic acids is 1. The van der Waals surface area contributed by atoms with E-state index in [1.807, 2.05) is 20.8 Å². The van der Waals surface area contributed by atoms with Crippen LogP contribution in [0.15, 0.2) is 12.7 Å². The van der Waals surface area contributed by atoms with Gasteiger partial charge in [-0.05, 0) is 41.0 Å². The Morgan fingerprint density at radius 2 is 2.21 bits per heavy atom. The van der Waals surface area contributed by atoms with Crippen LogP contribution in [0, 0.1) is 0 Å². The number of carbonyl (C=O) groups is 1. The molecule has 19 heavy (non-hydrogen) atoms. The van der Waals surface area contributed by atoms with Gasteiger partial charge in [0.05, 0.1) is 18.8 Å². The summed E-state index contributed by atoms with van der Waals surface area (Å²) in [7, 11) is 0. The van der Waals surface area contributed by atoms with E-state index in [9.17, 15) is 9.90 Å². The van der Waals surface area contributed by atoms with Crippen LogP contribution in [-0.4, -0.2) is 46.2 Å². The van der Waals surface area contributed by atoms with E-state index >= 15 is 0 Å². The Bertz CT molecular complexity index is 346. The number of ether oxygens (including phenoxy) is 2. The summed E-state index contributed by atoms with van der Waals surface area (Å²) in [4.78, 5) is 13.8. The minimum Gasteiger partial charge on any atom is -0.444 e. The van der Waals surface area contributed by atoms with Gasteiger partial charge in [-0.1, -0.05) is 6.08 Å². The van der Waals surface area contributed by atoms with Crippen LogP contribution in [-0.2, 0) is 9.47 Å². The van der Waals surface area contributed by atoms with Crippen molar-refractivity contribution < 1.29 is 19.4 Å². The second-order valence-electron chi connectivity index (χ2n) is 6.27. The summed E-state index contributed by atoms with van der Waals surface area (Å²) in [6.45, 7) is 12.9. The third-order valence-corrected chi connectivity index (χ3v) is 2.96. The average Bonchev–Trinajstić information content (AvgIpc) is 2.51. The van der Waals surface area contributed by atoms with E-state index in [4.69, 9.17) is 9.47 Å². The molecule has 0 radical (unpaired) electrons. The fraction of sp³-hybridized carbons (Fsp3) is 0.786. The molecule has 2 atom stereocenters. The van der Waals surface area contributed by atoms with Gasteiger partial charge < -0.3 is 14.6 Å². The van der Waals surface area contributed by atoms with Gasteiger partial charge in [0.15, 0.2) is 0 Å². The predicted octanol–water partition coefficient (Wildman–Crippen LogP) is 2.30. The number of hydrogen-bond acceptors (Lipinski definition) is 4. The third-order valence-electron chi connectivity index (χ3n) is 2.96. The van der Waals surface area contributed by atoms with Crippen LogP contribution in [0.4, 0.5) is 4.79 Å². The van der Waals surface area contributed by atoms with Crippen molar-refractivity contribution in [3.63, 3.8) is 0 Å². The minimum atomic E-state index is -0.783. The zero-order valence-corrected chi connectivity index (χ0v) is 12.5. The molecule has 0 bridgehead atoms. The summed E-state index contributed by atoms with van der Waals surface area (Å²) in [6, 6.07) is -0.414. The fourth-order valence-electron chi connectivity index (χ4n) is 2.11. The minimum absolute atomic E-state index is 0.293. The van der Waals surface area contributed by atoms with Gasteiger partial charge in [0.25, 0.3) is 0 Å². The van der Waals surface area contributed by atoms with Crippen LogP contribution in [0.3, 0.4) is 0 Å². The van der Waals surface area contributed by atoms with Gasteiger partial charge >= 0.3 is 6.09 Å². The first-order valence-electron chi connectivity index (χ1n) is 6.54. The molecule has 1 amide bonds. The van der Waals surface area contributed by atoms with Crippen molar-refractivity contribution in [1.29, 1.82) is 0 Å². The summed E-state index contributed by atoms with van der Waals surface area (Å²) in [6.07, 6.45) is 0.863. The number of amides is 1. The lowest BCUT2D eigenvalue weighted by atomic mass is 10.1. The van der Waals surface area contributed by atoms with Gasteiger partial charge in [-0.15, -0.1) is 6.58 Å². The molecule has 0 spiro atoms. The van der Waals surface area contributed by atoms with Crippen molar-refractivity contribution in [3.8, 4) is 0 Å². The van der Waals surface area contributed by atoms with Gasteiger partial charge in [0.2, 0.25) is 0 Å². The maximum atomic E-state index is 12.3. The predicted molar refractivity (Wildman–Crippen MR) is 72.7 cm³/mol. The molecular formula is C14H25NO4. The molecule has 0 aromatic carbocycles. The van der Waals surface area contributed by atoms with E-state index in [1.165, 1.54) is 4.90 Å². The molecule has 5 heteroatoms. The van der Waals surface area contributed by atoms with E-state index in [2.05, 4.69) is 6.58 Å².